The number of amides is 1. The van der Waals surface area contributed by atoms with Crippen molar-refractivity contribution in [3.8, 4) is 11.5 Å². The summed E-state index contributed by atoms with van der Waals surface area (Å²) in [6, 6.07) is 3.36. The predicted octanol–water partition coefficient (Wildman–Crippen LogP) is 2.55. The third-order valence-electron chi connectivity index (χ3n) is 3.72. The fourth-order valence-electron chi connectivity index (χ4n) is 2.44. The summed E-state index contributed by atoms with van der Waals surface area (Å²) in [5.41, 5.74) is 0.643. The molecule has 0 unspecified atom stereocenters. The average molecular weight is 398 g/mol. The highest BCUT2D eigenvalue weighted by Crippen LogP contribution is 2.37. The average Bonchev–Trinajstić information content (AvgIpc) is 2.66. The van der Waals surface area contributed by atoms with Crippen LogP contribution in [0.4, 0.5) is 0 Å². The van der Waals surface area contributed by atoms with Gasteiger partial charge in [0.1, 0.15) is 0 Å². The van der Waals surface area contributed by atoms with E-state index in [1.807, 2.05) is 13.8 Å². The van der Waals surface area contributed by atoms with Crippen LogP contribution in [0.5, 0.6) is 11.5 Å². The number of rotatable bonds is 7. The van der Waals surface area contributed by atoms with Crippen LogP contribution >= 0.6 is 11.6 Å². The molecule has 1 aromatic rings. The Morgan fingerprint density at radius 1 is 1.30 bits per heavy atom. The molecule has 0 atom stereocenters. The lowest BCUT2D eigenvalue weighted by Gasteiger charge is -2.26. The Kier molecular flexibility index (Phi) is 7.94. The Balaban J connectivity index is 1.95. The molecule has 1 saturated heterocycles. The van der Waals surface area contributed by atoms with Crippen molar-refractivity contribution in [1.82, 2.24) is 4.90 Å². The highest BCUT2D eigenvalue weighted by molar-refractivity contribution is 6.32. The van der Waals surface area contributed by atoms with Gasteiger partial charge in [-0.15, -0.1) is 0 Å². The number of hydrogen-bond donors (Lipinski definition) is 0. The summed E-state index contributed by atoms with van der Waals surface area (Å²) in [7, 11) is 1.51. The van der Waals surface area contributed by atoms with E-state index in [9.17, 15) is 9.59 Å². The standard InChI is InChI=1S/C19H24ClNO6/c1-13(2)27-19-15(20)10-14(11-16(19)24-3)4-5-18(23)26-12-17(22)21-6-8-25-9-7-21/h4-5,10-11,13H,6-9,12H2,1-3H3/b5-4+. The second-order valence-electron chi connectivity index (χ2n) is 6.13. The summed E-state index contributed by atoms with van der Waals surface area (Å²) in [5.74, 6) is 0.0610. The maximum Gasteiger partial charge on any atom is 0.331 e. The molecule has 1 aliphatic rings. The lowest BCUT2D eigenvalue weighted by molar-refractivity contribution is -0.150. The van der Waals surface area contributed by atoms with Gasteiger partial charge in [0.2, 0.25) is 0 Å². The number of nitrogens with zero attached hydrogens (tertiary/aromatic N) is 1. The molecule has 0 spiro atoms. The van der Waals surface area contributed by atoms with Crippen LogP contribution in [-0.2, 0) is 19.1 Å². The van der Waals surface area contributed by atoms with Crippen molar-refractivity contribution in [3.63, 3.8) is 0 Å². The minimum absolute atomic E-state index is 0.0585. The quantitative estimate of drug-likeness (QED) is 0.520. The molecule has 0 saturated carbocycles. The Morgan fingerprint density at radius 3 is 2.63 bits per heavy atom. The number of carbonyl (C=O) groups excluding carboxylic acids is 2. The highest BCUT2D eigenvalue weighted by Gasteiger charge is 2.18. The second kappa shape index (κ2) is 10.2. The maximum absolute atomic E-state index is 12.0. The predicted molar refractivity (Wildman–Crippen MR) is 101 cm³/mol. The Bertz CT molecular complexity index is 698. The highest BCUT2D eigenvalue weighted by atomic mass is 35.5. The van der Waals surface area contributed by atoms with E-state index in [4.69, 9.17) is 30.5 Å². The maximum atomic E-state index is 12.0. The molecule has 8 heteroatoms. The van der Waals surface area contributed by atoms with Gasteiger partial charge in [0, 0.05) is 19.2 Å². The molecule has 1 amide bonds. The first-order chi connectivity index (χ1) is 12.9. The molecular weight excluding hydrogens is 374 g/mol. The first-order valence-corrected chi connectivity index (χ1v) is 9.03. The number of halogens is 1. The zero-order valence-corrected chi connectivity index (χ0v) is 16.5. The van der Waals surface area contributed by atoms with E-state index >= 15 is 0 Å². The van der Waals surface area contributed by atoms with Crippen LogP contribution in [0.2, 0.25) is 5.02 Å². The van der Waals surface area contributed by atoms with Crippen molar-refractivity contribution >= 4 is 29.6 Å². The Morgan fingerprint density at radius 2 is 2.00 bits per heavy atom. The van der Waals surface area contributed by atoms with Crippen LogP contribution in [0, 0.1) is 0 Å². The third-order valence-corrected chi connectivity index (χ3v) is 4.00. The minimum Gasteiger partial charge on any atom is -0.493 e. The van der Waals surface area contributed by atoms with E-state index in [1.165, 1.54) is 19.3 Å². The van der Waals surface area contributed by atoms with Crippen molar-refractivity contribution in [2.45, 2.75) is 20.0 Å². The van der Waals surface area contributed by atoms with Gasteiger partial charge in [0.15, 0.2) is 18.1 Å². The zero-order chi connectivity index (χ0) is 19.8. The molecule has 1 aromatic carbocycles. The van der Waals surface area contributed by atoms with Gasteiger partial charge in [0.05, 0.1) is 31.5 Å². The summed E-state index contributed by atoms with van der Waals surface area (Å²) in [4.78, 5) is 25.4. The van der Waals surface area contributed by atoms with Crippen LogP contribution in [0.25, 0.3) is 6.08 Å². The lowest BCUT2D eigenvalue weighted by atomic mass is 10.2. The molecule has 0 aromatic heterocycles. The SMILES string of the molecule is COc1cc(/C=C/C(=O)OCC(=O)N2CCOCC2)cc(Cl)c1OC(C)C. The first-order valence-electron chi connectivity index (χ1n) is 8.65. The van der Waals surface area contributed by atoms with Crippen LogP contribution < -0.4 is 9.47 Å². The summed E-state index contributed by atoms with van der Waals surface area (Å²) in [5, 5.41) is 0.374. The van der Waals surface area contributed by atoms with Gasteiger partial charge in [-0.25, -0.2) is 4.79 Å². The van der Waals surface area contributed by atoms with Crippen molar-refractivity contribution in [3.05, 3.63) is 28.8 Å². The fraction of sp³-hybridized carbons (Fsp3) is 0.474. The minimum atomic E-state index is -0.616. The largest absolute Gasteiger partial charge is 0.493 e. The second-order valence-corrected chi connectivity index (χ2v) is 6.54. The molecule has 1 heterocycles. The summed E-state index contributed by atoms with van der Waals surface area (Å²) in [6.07, 6.45) is 2.72. The van der Waals surface area contributed by atoms with Gasteiger partial charge in [-0.05, 0) is 37.6 Å². The smallest absolute Gasteiger partial charge is 0.331 e. The number of ether oxygens (including phenoxy) is 4. The molecule has 0 radical (unpaired) electrons. The topological polar surface area (TPSA) is 74.3 Å². The molecular formula is C19H24ClNO6. The van der Waals surface area contributed by atoms with Crippen LogP contribution in [-0.4, -0.2) is 62.9 Å². The van der Waals surface area contributed by atoms with E-state index in [0.717, 1.165) is 0 Å². The normalized spacial score (nSPS) is 14.5. The molecule has 0 N–H and O–H groups in total. The molecule has 0 bridgehead atoms. The monoisotopic (exact) mass is 397 g/mol. The van der Waals surface area contributed by atoms with E-state index < -0.39 is 5.97 Å². The zero-order valence-electron chi connectivity index (χ0n) is 15.7. The van der Waals surface area contributed by atoms with Gasteiger partial charge in [0.25, 0.3) is 5.91 Å². The van der Waals surface area contributed by atoms with Crippen molar-refractivity contribution in [2.24, 2.45) is 0 Å². The fourth-order valence-corrected chi connectivity index (χ4v) is 2.70. The molecule has 148 valence electrons. The first kappa shape index (κ1) is 21.1. The van der Waals surface area contributed by atoms with E-state index in [2.05, 4.69) is 0 Å². The van der Waals surface area contributed by atoms with Crippen LogP contribution in [0.15, 0.2) is 18.2 Å². The van der Waals surface area contributed by atoms with Crippen molar-refractivity contribution in [1.29, 1.82) is 0 Å². The summed E-state index contributed by atoms with van der Waals surface area (Å²) < 4.78 is 21.1. The van der Waals surface area contributed by atoms with E-state index in [-0.39, 0.29) is 18.6 Å². The number of esters is 1. The number of methoxy groups -OCH3 is 1. The number of hydrogen-bond acceptors (Lipinski definition) is 6. The Hall–Kier alpha value is -2.25. The number of carbonyl (C=O) groups is 2. The van der Waals surface area contributed by atoms with Gasteiger partial charge < -0.3 is 23.8 Å². The van der Waals surface area contributed by atoms with Gasteiger partial charge in [-0.2, -0.15) is 0 Å². The van der Waals surface area contributed by atoms with Gasteiger partial charge >= 0.3 is 5.97 Å². The summed E-state index contributed by atoms with van der Waals surface area (Å²) >= 11 is 6.25. The summed E-state index contributed by atoms with van der Waals surface area (Å²) in [6.45, 7) is 5.49. The van der Waals surface area contributed by atoms with Crippen LogP contribution in [0.3, 0.4) is 0 Å². The van der Waals surface area contributed by atoms with E-state index in [0.29, 0.717) is 48.4 Å². The van der Waals surface area contributed by atoms with Crippen molar-refractivity contribution < 1.29 is 28.5 Å². The number of morpholine rings is 1. The molecule has 27 heavy (non-hydrogen) atoms. The lowest BCUT2D eigenvalue weighted by Crippen LogP contribution is -2.42. The molecule has 1 aliphatic heterocycles. The Labute approximate surface area is 163 Å². The van der Waals surface area contributed by atoms with Crippen molar-refractivity contribution in [2.75, 3.05) is 40.0 Å². The van der Waals surface area contributed by atoms with E-state index in [1.54, 1.807) is 17.0 Å². The van der Waals surface area contributed by atoms with Crippen LogP contribution in [0.1, 0.15) is 19.4 Å². The van der Waals surface area contributed by atoms with Gasteiger partial charge in [-0.1, -0.05) is 11.6 Å². The molecule has 1 fully saturated rings. The van der Waals surface area contributed by atoms with Gasteiger partial charge in [-0.3, -0.25) is 4.79 Å². The molecule has 7 nitrogen and oxygen atoms in total. The number of benzene rings is 1. The molecule has 2 rings (SSSR count). The molecule has 0 aliphatic carbocycles. The third kappa shape index (κ3) is 6.45.